The average Bonchev–Trinajstić information content (AvgIpc) is 2.71. The number of halogens is 1. The summed E-state index contributed by atoms with van der Waals surface area (Å²) in [5.74, 6) is -0.339. The quantitative estimate of drug-likeness (QED) is 0.361. The van der Waals surface area contributed by atoms with Crippen molar-refractivity contribution in [2.45, 2.75) is 70.8 Å². The highest BCUT2D eigenvalue weighted by Crippen LogP contribution is 2.21. The zero-order valence-electron chi connectivity index (χ0n) is 16.8. The lowest BCUT2D eigenvalue weighted by Gasteiger charge is -2.20. The predicted octanol–water partition coefficient (Wildman–Crippen LogP) is 6.50. The van der Waals surface area contributed by atoms with Gasteiger partial charge in [0.25, 0.3) is 0 Å². The summed E-state index contributed by atoms with van der Waals surface area (Å²) in [5, 5.41) is 0. The normalized spacial score (nSPS) is 16.6. The Labute approximate surface area is 167 Å². The fraction of sp³-hybridized carbons (Fsp3) is 0.440. The van der Waals surface area contributed by atoms with E-state index in [-0.39, 0.29) is 17.6 Å². The Morgan fingerprint density at radius 1 is 1.11 bits per heavy atom. The highest BCUT2D eigenvalue weighted by atomic mass is 19.1. The molecule has 2 aromatic carbocycles. The Kier molecular flexibility index (Phi) is 7.53. The van der Waals surface area contributed by atoms with Gasteiger partial charge in [-0.25, -0.2) is 4.39 Å². The van der Waals surface area contributed by atoms with Crippen molar-refractivity contribution in [1.82, 2.24) is 0 Å². The van der Waals surface area contributed by atoms with E-state index in [0.29, 0.717) is 12.0 Å². The van der Waals surface area contributed by atoms with Crippen LogP contribution in [0.4, 0.5) is 4.39 Å². The van der Waals surface area contributed by atoms with Gasteiger partial charge in [-0.05, 0) is 76.0 Å². The van der Waals surface area contributed by atoms with Crippen molar-refractivity contribution < 1.29 is 9.18 Å². The number of Topliss-reactive ketones (excluding diaryl/α,β-unsaturated/α-hetero) is 1. The maximum atomic E-state index is 13.3. The second kappa shape index (κ2) is 10.3. The molecule has 28 heavy (non-hydrogen) atoms. The first-order chi connectivity index (χ1) is 13.6. The van der Waals surface area contributed by atoms with Crippen molar-refractivity contribution in [2.24, 2.45) is 4.99 Å². The molecule has 0 saturated carbocycles. The fourth-order valence-electron chi connectivity index (χ4n) is 3.84. The lowest BCUT2D eigenvalue weighted by Crippen LogP contribution is -2.17. The molecule has 0 saturated heterocycles. The van der Waals surface area contributed by atoms with Crippen molar-refractivity contribution in [3.05, 3.63) is 71.0 Å². The molecule has 0 N–H and O–H groups in total. The van der Waals surface area contributed by atoms with Gasteiger partial charge < -0.3 is 0 Å². The van der Waals surface area contributed by atoms with Crippen LogP contribution in [-0.4, -0.2) is 17.5 Å². The van der Waals surface area contributed by atoms with E-state index >= 15 is 0 Å². The van der Waals surface area contributed by atoms with Gasteiger partial charge in [-0.15, -0.1) is 0 Å². The molecule has 0 bridgehead atoms. The first-order valence-corrected chi connectivity index (χ1v) is 10.5. The van der Waals surface area contributed by atoms with E-state index in [4.69, 9.17) is 4.99 Å². The van der Waals surface area contributed by atoms with Crippen LogP contribution in [-0.2, 0) is 6.42 Å². The van der Waals surface area contributed by atoms with Gasteiger partial charge >= 0.3 is 0 Å². The first kappa shape index (κ1) is 20.4. The summed E-state index contributed by atoms with van der Waals surface area (Å²) in [6.07, 6.45) is 9.07. The van der Waals surface area contributed by atoms with Gasteiger partial charge in [0.15, 0.2) is 5.78 Å². The summed E-state index contributed by atoms with van der Waals surface area (Å²) in [6, 6.07) is 15.0. The largest absolute Gasteiger partial charge is 0.294 e. The third-order valence-corrected chi connectivity index (χ3v) is 5.52. The van der Waals surface area contributed by atoms with E-state index in [1.54, 1.807) is 12.1 Å². The molecule has 2 aromatic rings. The van der Waals surface area contributed by atoms with Crippen LogP contribution in [0.1, 0.15) is 72.9 Å². The number of carbonyl (C=O) groups is 1. The fourth-order valence-corrected chi connectivity index (χ4v) is 3.84. The van der Waals surface area contributed by atoms with Gasteiger partial charge in [-0.3, -0.25) is 9.79 Å². The Morgan fingerprint density at radius 2 is 1.89 bits per heavy atom. The summed E-state index contributed by atoms with van der Waals surface area (Å²) in [5.41, 5.74) is 4.50. The van der Waals surface area contributed by atoms with Crippen molar-refractivity contribution in [3.8, 4) is 0 Å². The van der Waals surface area contributed by atoms with Gasteiger partial charge in [-0.1, -0.05) is 42.0 Å². The topological polar surface area (TPSA) is 29.4 Å². The van der Waals surface area contributed by atoms with E-state index in [2.05, 4.69) is 31.2 Å². The van der Waals surface area contributed by atoms with Crippen LogP contribution < -0.4 is 0 Å². The Bertz CT molecular complexity index is 810. The summed E-state index contributed by atoms with van der Waals surface area (Å²) >= 11 is 0. The lowest BCUT2D eigenvalue weighted by atomic mass is 9.94. The molecule has 2 nitrogen and oxygen atoms in total. The van der Waals surface area contributed by atoms with Crippen LogP contribution in [0.5, 0.6) is 0 Å². The Hall–Kier alpha value is -2.29. The SMILES string of the molecule is Cc1ccc(CCCCC2=NC(CCC(=O)c3cccc(F)c3)CCC2)cc1. The van der Waals surface area contributed by atoms with E-state index < -0.39 is 0 Å². The second-order valence-electron chi connectivity index (χ2n) is 7.91. The van der Waals surface area contributed by atoms with Crippen molar-refractivity contribution >= 4 is 11.5 Å². The van der Waals surface area contributed by atoms with Gasteiger partial charge in [0.05, 0.1) is 6.04 Å². The number of hydrogen-bond donors (Lipinski definition) is 0. The molecule has 0 amide bonds. The lowest BCUT2D eigenvalue weighted by molar-refractivity contribution is 0.0976. The summed E-state index contributed by atoms with van der Waals surface area (Å²) in [4.78, 5) is 17.2. The highest BCUT2D eigenvalue weighted by Gasteiger charge is 2.17. The molecule has 1 unspecified atom stereocenters. The number of benzene rings is 2. The summed E-state index contributed by atoms with van der Waals surface area (Å²) < 4.78 is 13.3. The molecule has 148 valence electrons. The number of aryl methyl sites for hydroxylation is 2. The van der Waals surface area contributed by atoms with Gasteiger partial charge in [0.1, 0.15) is 5.82 Å². The number of carbonyl (C=O) groups excluding carboxylic acids is 1. The van der Waals surface area contributed by atoms with Gasteiger partial charge in [-0.2, -0.15) is 0 Å². The Balaban J connectivity index is 1.41. The molecule has 1 heterocycles. The number of rotatable bonds is 9. The minimum atomic E-state index is -0.352. The molecule has 0 fully saturated rings. The van der Waals surface area contributed by atoms with Crippen LogP contribution in [0.3, 0.4) is 0 Å². The molecule has 1 aliphatic rings. The van der Waals surface area contributed by atoms with E-state index in [1.807, 2.05) is 0 Å². The average molecular weight is 380 g/mol. The monoisotopic (exact) mass is 379 g/mol. The van der Waals surface area contributed by atoms with Crippen LogP contribution in [0, 0.1) is 12.7 Å². The maximum Gasteiger partial charge on any atom is 0.163 e. The van der Waals surface area contributed by atoms with Crippen molar-refractivity contribution in [1.29, 1.82) is 0 Å². The van der Waals surface area contributed by atoms with Crippen molar-refractivity contribution in [2.75, 3.05) is 0 Å². The number of nitrogens with zero attached hydrogens (tertiary/aromatic N) is 1. The summed E-state index contributed by atoms with van der Waals surface area (Å²) in [7, 11) is 0. The number of hydrogen-bond acceptors (Lipinski definition) is 2. The number of aliphatic imine (C=N–C) groups is 1. The zero-order chi connectivity index (χ0) is 19.8. The third-order valence-electron chi connectivity index (χ3n) is 5.52. The first-order valence-electron chi connectivity index (χ1n) is 10.5. The van der Waals surface area contributed by atoms with Gasteiger partial charge in [0.2, 0.25) is 0 Å². The maximum absolute atomic E-state index is 13.3. The molecule has 3 rings (SSSR count). The zero-order valence-corrected chi connectivity index (χ0v) is 16.8. The molecule has 0 radical (unpaired) electrons. The Morgan fingerprint density at radius 3 is 2.68 bits per heavy atom. The molecule has 0 spiro atoms. The van der Waals surface area contributed by atoms with Gasteiger partial charge in [0, 0.05) is 17.7 Å². The minimum absolute atomic E-state index is 0.0138. The molecule has 3 heteroatoms. The van der Waals surface area contributed by atoms with E-state index in [9.17, 15) is 9.18 Å². The van der Waals surface area contributed by atoms with E-state index in [0.717, 1.165) is 38.5 Å². The van der Waals surface area contributed by atoms with Crippen LogP contribution >= 0.6 is 0 Å². The number of ketones is 1. The smallest absolute Gasteiger partial charge is 0.163 e. The molecule has 1 atom stereocenters. The van der Waals surface area contributed by atoms with Crippen molar-refractivity contribution in [3.63, 3.8) is 0 Å². The summed E-state index contributed by atoms with van der Waals surface area (Å²) in [6.45, 7) is 2.12. The minimum Gasteiger partial charge on any atom is -0.294 e. The molecule has 1 aliphatic heterocycles. The third kappa shape index (κ3) is 6.40. The van der Waals surface area contributed by atoms with Crippen LogP contribution in [0.2, 0.25) is 0 Å². The molecule has 0 aromatic heterocycles. The highest BCUT2D eigenvalue weighted by molar-refractivity contribution is 5.96. The predicted molar refractivity (Wildman–Crippen MR) is 114 cm³/mol. The van der Waals surface area contributed by atoms with E-state index in [1.165, 1.54) is 41.8 Å². The molecular formula is C25H30FNO. The van der Waals surface area contributed by atoms with Crippen LogP contribution in [0.25, 0.3) is 0 Å². The number of unbranched alkanes of at least 4 members (excludes halogenated alkanes) is 1. The standard InChI is InChI=1S/C25H30FNO/c1-19-12-14-20(15-13-19)6-2-3-9-23-10-5-11-24(27-23)16-17-25(28)21-7-4-8-22(26)18-21/h4,7-8,12-15,18,24H,2-3,5-6,9-11,16-17H2,1H3. The molecular weight excluding hydrogens is 349 g/mol. The van der Waals surface area contributed by atoms with Crippen LogP contribution in [0.15, 0.2) is 53.5 Å². The second-order valence-corrected chi connectivity index (χ2v) is 7.91. The molecule has 0 aliphatic carbocycles.